The van der Waals surface area contributed by atoms with Crippen LogP contribution in [0.4, 0.5) is 5.82 Å². The fourth-order valence-electron chi connectivity index (χ4n) is 4.11. The van der Waals surface area contributed by atoms with Crippen LogP contribution in [0.25, 0.3) is 11.1 Å². The monoisotopic (exact) mass is 354 g/mol. The summed E-state index contributed by atoms with van der Waals surface area (Å²) in [5.74, 6) is 0.943. The van der Waals surface area contributed by atoms with Gasteiger partial charge in [-0.1, -0.05) is 0 Å². The fourth-order valence-corrected chi connectivity index (χ4v) is 4.11. The number of nitrogens with one attached hydrogen (secondary N) is 1. The smallest absolute Gasteiger partial charge is 0.245 e. The zero-order valence-electron chi connectivity index (χ0n) is 15.6. The van der Waals surface area contributed by atoms with Crippen molar-refractivity contribution < 1.29 is 4.79 Å². The van der Waals surface area contributed by atoms with E-state index < -0.39 is 0 Å². The molecule has 1 amide bonds. The maximum absolute atomic E-state index is 13.0. The lowest BCUT2D eigenvalue weighted by atomic mass is 10.1. The fraction of sp³-hybridized carbons (Fsp3) is 0.526. The molecule has 2 aromatic heterocycles. The first-order valence-electron chi connectivity index (χ1n) is 9.23. The van der Waals surface area contributed by atoms with Gasteiger partial charge in [0.15, 0.2) is 0 Å². The van der Waals surface area contributed by atoms with Gasteiger partial charge in [-0.2, -0.15) is 5.10 Å². The molecule has 138 valence electrons. The van der Waals surface area contributed by atoms with E-state index in [1.54, 1.807) is 6.20 Å². The zero-order valence-corrected chi connectivity index (χ0v) is 15.6. The Hall–Kier alpha value is -2.25. The van der Waals surface area contributed by atoms with Crippen molar-refractivity contribution in [3.05, 3.63) is 30.2 Å². The number of hydrogen-bond acceptors (Lipinski definition) is 5. The van der Waals surface area contributed by atoms with Gasteiger partial charge in [0.2, 0.25) is 5.91 Å². The van der Waals surface area contributed by atoms with E-state index in [-0.39, 0.29) is 11.9 Å². The van der Waals surface area contributed by atoms with Gasteiger partial charge in [-0.25, -0.2) is 4.98 Å². The Kier molecular flexibility index (Phi) is 4.50. The second-order valence-corrected chi connectivity index (χ2v) is 7.48. The van der Waals surface area contributed by atoms with Gasteiger partial charge >= 0.3 is 0 Å². The van der Waals surface area contributed by atoms with Gasteiger partial charge in [0.25, 0.3) is 0 Å². The number of nitrogens with zero attached hydrogens (tertiary/aromatic N) is 5. The van der Waals surface area contributed by atoms with E-state index in [9.17, 15) is 4.79 Å². The normalized spacial score (nSPS) is 24.2. The minimum atomic E-state index is -0.00407. The molecule has 1 unspecified atom stereocenters. The van der Waals surface area contributed by atoms with Gasteiger partial charge in [-0.3, -0.25) is 19.7 Å². The van der Waals surface area contributed by atoms with Crippen molar-refractivity contribution in [2.24, 2.45) is 0 Å². The highest BCUT2D eigenvalue weighted by molar-refractivity contribution is 5.98. The summed E-state index contributed by atoms with van der Waals surface area (Å²) in [7, 11) is 4.23. The molecule has 4 heterocycles. The highest BCUT2D eigenvalue weighted by Crippen LogP contribution is 2.29. The molecule has 0 bridgehead atoms. The predicted octanol–water partition coefficient (Wildman–Crippen LogP) is 1.52. The number of aromatic nitrogens is 3. The van der Waals surface area contributed by atoms with Crippen LogP contribution in [-0.2, 0) is 4.79 Å². The van der Waals surface area contributed by atoms with E-state index in [1.807, 2.05) is 30.2 Å². The minimum absolute atomic E-state index is 0.00407. The molecule has 7 heteroatoms. The number of rotatable bonds is 4. The molecule has 1 N–H and O–H groups in total. The Labute approximate surface area is 154 Å². The molecule has 2 aromatic rings. The van der Waals surface area contributed by atoms with E-state index in [0.29, 0.717) is 6.04 Å². The molecule has 2 fully saturated rings. The number of aromatic amines is 1. The lowest BCUT2D eigenvalue weighted by Crippen LogP contribution is -2.42. The second-order valence-electron chi connectivity index (χ2n) is 7.48. The third-order valence-corrected chi connectivity index (χ3v) is 5.70. The standard InChI is InChI=1S/C19H26N6O/c1-13-16(14-10-20-21-11-14)4-5-18(22-13)25-9-7-17(19(25)26)24-8-6-15(12-24)23(2)3/h4-5,10-11,15,17H,6-9,12H2,1-3H3,(H,20,21)/t15-,17?/m1/s1. The molecular weight excluding hydrogens is 328 g/mol. The number of amides is 1. The Morgan fingerprint density at radius 1 is 1.23 bits per heavy atom. The predicted molar refractivity (Wildman–Crippen MR) is 101 cm³/mol. The van der Waals surface area contributed by atoms with E-state index >= 15 is 0 Å². The number of pyridine rings is 1. The van der Waals surface area contributed by atoms with Gasteiger partial charge in [0, 0.05) is 48.7 Å². The topological polar surface area (TPSA) is 68.4 Å². The SMILES string of the molecule is Cc1nc(N2CCC(N3CC[C@@H](N(C)C)C3)C2=O)ccc1-c1cn[nH]c1. The van der Waals surface area contributed by atoms with Crippen molar-refractivity contribution in [2.45, 2.75) is 31.8 Å². The minimum Gasteiger partial charge on any atom is -0.305 e. The molecule has 0 radical (unpaired) electrons. The highest BCUT2D eigenvalue weighted by atomic mass is 16.2. The van der Waals surface area contributed by atoms with Gasteiger partial charge in [-0.15, -0.1) is 0 Å². The number of hydrogen-bond donors (Lipinski definition) is 1. The van der Waals surface area contributed by atoms with Crippen LogP contribution in [0.5, 0.6) is 0 Å². The number of carbonyl (C=O) groups is 1. The quantitative estimate of drug-likeness (QED) is 0.902. The molecule has 4 rings (SSSR count). The lowest BCUT2D eigenvalue weighted by molar-refractivity contribution is -0.121. The van der Waals surface area contributed by atoms with Gasteiger partial charge < -0.3 is 4.90 Å². The Bertz CT molecular complexity index is 787. The van der Waals surface area contributed by atoms with Crippen LogP contribution in [0, 0.1) is 6.92 Å². The number of likely N-dealkylation sites (tertiary alicyclic amines) is 1. The van der Waals surface area contributed by atoms with Crippen molar-refractivity contribution >= 4 is 11.7 Å². The van der Waals surface area contributed by atoms with Crippen molar-refractivity contribution in [1.29, 1.82) is 0 Å². The van der Waals surface area contributed by atoms with Gasteiger partial charge in [-0.05, 0) is 46.0 Å². The molecule has 2 saturated heterocycles. The Morgan fingerprint density at radius 3 is 2.73 bits per heavy atom. The van der Waals surface area contributed by atoms with Crippen molar-refractivity contribution in [3.8, 4) is 11.1 Å². The van der Waals surface area contributed by atoms with Crippen LogP contribution >= 0.6 is 0 Å². The molecule has 26 heavy (non-hydrogen) atoms. The molecule has 2 aliphatic heterocycles. The van der Waals surface area contributed by atoms with Crippen LogP contribution in [0.3, 0.4) is 0 Å². The molecule has 2 aliphatic rings. The molecule has 0 spiro atoms. The van der Waals surface area contributed by atoms with Crippen LogP contribution in [-0.4, -0.2) is 76.7 Å². The van der Waals surface area contributed by atoms with Gasteiger partial charge in [0.05, 0.1) is 12.2 Å². The third kappa shape index (κ3) is 3.01. The summed E-state index contributed by atoms with van der Waals surface area (Å²) < 4.78 is 0. The average molecular weight is 354 g/mol. The molecule has 2 atom stereocenters. The summed E-state index contributed by atoms with van der Waals surface area (Å²) in [6, 6.07) is 4.52. The van der Waals surface area contributed by atoms with E-state index in [2.05, 4.69) is 34.1 Å². The maximum Gasteiger partial charge on any atom is 0.245 e. The summed E-state index contributed by atoms with van der Waals surface area (Å²) in [5, 5.41) is 6.83. The summed E-state index contributed by atoms with van der Waals surface area (Å²) in [4.78, 5) is 24.2. The van der Waals surface area contributed by atoms with Crippen LogP contribution in [0.1, 0.15) is 18.5 Å². The molecule has 0 aromatic carbocycles. The number of aryl methyl sites for hydroxylation is 1. The second kappa shape index (κ2) is 6.81. The van der Waals surface area contributed by atoms with E-state index in [0.717, 1.165) is 55.1 Å². The molecule has 0 saturated carbocycles. The average Bonchev–Trinajstić information content (AvgIpc) is 3.35. The first kappa shape index (κ1) is 17.2. The number of likely N-dealkylation sites (N-methyl/N-ethyl adjacent to an activating group) is 1. The maximum atomic E-state index is 13.0. The third-order valence-electron chi connectivity index (χ3n) is 5.70. The number of carbonyl (C=O) groups excluding carboxylic acids is 1. The van der Waals surface area contributed by atoms with Crippen molar-refractivity contribution in [2.75, 3.05) is 38.6 Å². The summed E-state index contributed by atoms with van der Waals surface area (Å²) in [6.07, 6.45) is 5.65. The summed E-state index contributed by atoms with van der Waals surface area (Å²) >= 11 is 0. The summed E-state index contributed by atoms with van der Waals surface area (Å²) in [6.45, 7) is 4.69. The highest BCUT2D eigenvalue weighted by Gasteiger charge is 2.40. The lowest BCUT2D eigenvalue weighted by Gasteiger charge is -2.24. The van der Waals surface area contributed by atoms with E-state index in [1.165, 1.54) is 0 Å². The molecule has 7 nitrogen and oxygen atoms in total. The molecular formula is C19H26N6O. The van der Waals surface area contributed by atoms with Crippen molar-refractivity contribution in [3.63, 3.8) is 0 Å². The first-order chi connectivity index (χ1) is 12.5. The zero-order chi connectivity index (χ0) is 18.3. The Balaban J connectivity index is 1.49. The van der Waals surface area contributed by atoms with Crippen LogP contribution < -0.4 is 4.90 Å². The number of anilines is 1. The van der Waals surface area contributed by atoms with Crippen LogP contribution in [0.2, 0.25) is 0 Å². The number of H-pyrrole nitrogens is 1. The first-order valence-corrected chi connectivity index (χ1v) is 9.23. The summed E-state index contributed by atoms with van der Waals surface area (Å²) in [5.41, 5.74) is 2.96. The molecule has 0 aliphatic carbocycles. The largest absolute Gasteiger partial charge is 0.305 e. The Morgan fingerprint density at radius 2 is 2.08 bits per heavy atom. The van der Waals surface area contributed by atoms with E-state index in [4.69, 9.17) is 4.98 Å². The van der Waals surface area contributed by atoms with Crippen molar-refractivity contribution in [1.82, 2.24) is 25.0 Å². The van der Waals surface area contributed by atoms with Crippen LogP contribution in [0.15, 0.2) is 24.5 Å². The van der Waals surface area contributed by atoms with Gasteiger partial charge in [0.1, 0.15) is 5.82 Å².